The first-order valence-electron chi connectivity index (χ1n) is 6.71. The monoisotopic (exact) mass is 239 g/mol. The molecule has 0 amide bonds. The Bertz CT molecular complexity index is 491. The van der Waals surface area contributed by atoms with Crippen LogP contribution in [0.1, 0.15) is 38.4 Å². The fraction of sp³-hybridized carbons (Fsp3) is 0.353. The highest BCUT2D eigenvalue weighted by atomic mass is 14.7. The second-order valence-electron chi connectivity index (χ2n) is 5.08. The van der Waals surface area contributed by atoms with Gasteiger partial charge in [-0.25, -0.2) is 0 Å². The summed E-state index contributed by atoms with van der Waals surface area (Å²) in [5, 5.41) is 0. The molecule has 1 aromatic heterocycles. The van der Waals surface area contributed by atoms with Crippen molar-refractivity contribution in [3.05, 3.63) is 60.0 Å². The van der Waals surface area contributed by atoms with Crippen LogP contribution < -0.4 is 0 Å². The molecular formula is C17H21N. The number of hydrogen-bond acceptors (Lipinski definition) is 1. The number of nitrogens with zero attached hydrogens (tertiary/aromatic N) is 1. The van der Waals surface area contributed by atoms with Crippen LogP contribution in [0, 0.1) is 5.41 Å². The molecule has 18 heavy (non-hydrogen) atoms. The first-order valence-corrected chi connectivity index (χ1v) is 6.71. The topological polar surface area (TPSA) is 12.9 Å². The molecule has 0 saturated heterocycles. The van der Waals surface area contributed by atoms with E-state index >= 15 is 0 Å². The average molecular weight is 239 g/mol. The summed E-state index contributed by atoms with van der Waals surface area (Å²) >= 11 is 0. The number of pyridine rings is 1. The Balaban J connectivity index is 2.27. The molecule has 1 heteroatoms. The largest absolute Gasteiger partial charge is 0.256 e. The van der Waals surface area contributed by atoms with E-state index in [1.54, 1.807) is 0 Å². The van der Waals surface area contributed by atoms with Crippen LogP contribution in [0.5, 0.6) is 0 Å². The van der Waals surface area contributed by atoms with Crippen molar-refractivity contribution in [2.24, 2.45) is 5.41 Å². The lowest BCUT2D eigenvalue weighted by atomic mass is 9.87. The molecule has 1 aliphatic carbocycles. The summed E-state index contributed by atoms with van der Waals surface area (Å²) in [7, 11) is 0. The van der Waals surface area contributed by atoms with E-state index in [-0.39, 0.29) is 5.41 Å². The van der Waals surface area contributed by atoms with Gasteiger partial charge < -0.3 is 0 Å². The summed E-state index contributed by atoms with van der Waals surface area (Å²) in [6.45, 7) is 6.62. The summed E-state index contributed by atoms with van der Waals surface area (Å²) in [4.78, 5) is 4.54. The molecule has 0 radical (unpaired) electrons. The second kappa shape index (κ2) is 5.34. The highest BCUT2D eigenvalue weighted by molar-refractivity contribution is 5.73. The molecule has 1 nitrogen and oxygen atoms in total. The predicted octanol–water partition coefficient (Wildman–Crippen LogP) is 4.57. The van der Waals surface area contributed by atoms with Gasteiger partial charge in [-0.15, -0.1) is 0 Å². The number of aromatic nitrogens is 1. The Morgan fingerprint density at radius 3 is 2.61 bits per heavy atom. The van der Waals surface area contributed by atoms with E-state index in [1.807, 2.05) is 6.20 Å². The summed E-state index contributed by atoms with van der Waals surface area (Å²) in [6, 6.07) is 4.27. The number of aryl methyl sites for hydroxylation is 1. The molecule has 1 heterocycles. The van der Waals surface area contributed by atoms with Gasteiger partial charge in [0.2, 0.25) is 0 Å². The van der Waals surface area contributed by atoms with Crippen LogP contribution in [0.2, 0.25) is 0 Å². The van der Waals surface area contributed by atoms with Crippen LogP contribution in [0.3, 0.4) is 0 Å². The Morgan fingerprint density at radius 1 is 1.17 bits per heavy atom. The molecular weight excluding hydrogens is 218 g/mol. The molecule has 2 rings (SSSR count). The Kier molecular flexibility index (Phi) is 3.81. The quantitative estimate of drug-likeness (QED) is 0.753. The number of rotatable bonds is 3. The van der Waals surface area contributed by atoms with Gasteiger partial charge in [0.05, 0.1) is 5.69 Å². The van der Waals surface area contributed by atoms with Gasteiger partial charge in [0, 0.05) is 11.6 Å². The van der Waals surface area contributed by atoms with Crippen molar-refractivity contribution < 1.29 is 0 Å². The third kappa shape index (κ3) is 2.79. The molecule has 0 bridgehead atoms. The Labute approximate surface area is 110 Å². The van der Waals surface area contributed by atoms with Crippen molar-refractivity contribution in [2.45, 2.75) is 33.6 Å². The molecule has 0 fully saturated rings. The third-order valence-electron chi connectivity index (χ3n) is 3.69. The molecule has 1 atom stereocenters. The van der Waals surface area contributed by atoms with Crippen molar-refractivity contribution >= 4 is 5.57 Å². The summed E-state index contributed by atoms with van der Waals surface area (Å²) in [5.41, 5.74) is 3.69. The zero-order valence-electron chi connectivity index (χ0n) is 11.5. The lowest BCUT2D eigenvalue weighted by molar-refractivity contribution is 0.531. The van der Waals surface area contributed by atoms with Crippen molar-refractivity contribution in [1.82, 2.24) is 4.98 Å². The lowest BCUT2D eigenvalue weighted by Crippen LogP contribution is -2.06. The maximum atomic E-state index is 4.54. The lowest BCUT2D eigenvalue weighted by Gasteiger charge is -2.18. The van der Waals surface area contributed by atoms with Crippen LogP contribution in [-0.2, 0) is 6.42 Å². The zero-order valence-corrected chi connectivity index (χ0v) is 11.5. The molecule has 1 aliphatic rings. The van der Waals surface area contributed by atoms with Crippen molar-refractivity contribution in [2.75, 3.05) is 0 Å². The molecule has 1 aromatic rings. The van der Waals surface area contributed by atoms with E-state index in [1.165, 1.54) is 11.1 Å². The molecule has 0 saturated carbocycles. The highest BCUT2D eigenvalue weighted by Gasteiger charge is 2.15. The van der Waals surface area contributed by atoms with Gasteiger partial charge >= 0.3 is 0 Å². The second-order valence-corrected chi connectivity index (χ2v) is 5.08. The molecule has 0 N–H and O–H groups in total. The fourth-order valence-electron chi connectivity index (χ4n) is 1.97. The van der Waals surface area contributed by atoms with E-state index < -0.39 is 0 Å². The first kappa shape index (κ1) is 12.8. The van der Waals surface area contributed by atoms with Crippen LogP contribution in [0.25, 0.3) is 5.57 Å². The van der Waals surface area contributed by atoms with Crippen molar-refractivity contribution in [1.29, 1.82) is 0 Å². The van der Waals surface area contributed by atoms with E-state index in [0.29, 0.717) is 0 Å². The first-order chi connectivity index (χ1) is 8.67. The average Bonchev–Trinajstić information content (AvgIpc) is 2.62. The van der Waals surface area contributed by atoms with Crippen molar-refractivity contribution in [3.63, 3.8) is 0 Å². The normalized spacial score (nSPS) is 22.7. The molecule has 1 unspecified atom stereocenters. The minimum Gasteiger partial charge on any atom is -0.256 e. The third-order valence-corrected chi connectivity index (χ3v) is 3.69. The van der Waals surface area contributed by atoms with Crippen LogP contribution in [-0.4, -0.2) is 4.98 Å². The van der Waals surface area contributed by atoms with Gasteiger partial charge in [-0.05, 0) is 30.0 Å². The standard InChI is InChI=1S/C17H21N/c1-4-14-8-9-16(18-13-14)15-7-6-11-17(3,5-2)12-10-15/h6-13H,4-5H2,1-3H3. The highest BCUT2D eigenvalue weighted by Crippen LogP contribution is 2.29. The molecule has 0 aliphatic heterocycles. The van der Waals surface area contributed by atoms with Crippen LogP contribution in [0.15, 0.2) is 48.7 Å². The maximum absolute atomic E-state index is 4.54. The van der Waals surface area contributed by atoms with Gasteiger partial charge in [-0.1, -0.05) is 57.2 Å². The summed E-state index contributed by atoms with van der Waals surface area (Å²) in [6.07, 6.45) is 15.1. The Morgan fingerprint density at radius 2 is 2.00 bits per heavy atom. The molecule has 94 valence electrons. The van der Waals surface area contributed by atoms with E-state index in [2.05, 4.69) is 68.3 Å². The van der Waals surface area contributed by atoms with E-state index in [4.69, 9.17) is 0 Å². The Hall–Kier alpha value is -1.63. The maximum Gasteiger partial charge on any atom is 0.0702 e. The van der Waals surface area contributed by atoms with Crippen molar-refractivity contribution in [3.8, 4) is 0 Å². The summed E-state index contributed by atoms with van der Waals surface area (Å²) < 4.78 is 0. The fourth-order valence-corrected chi connectivity index (χ4v) is 1.97. The SMILES string of the molecule is CCc1ccc(C2=CC=CC(C)(CC)C=C2)nc1. The minimum atomic E-state index is 0.168. The summed E-state index contributed by atoms with van der Waals surface area (Å²) in [5.74, 6) is 0. The number of allylic oxidation sites excluding steroid dienone is 6. The van der Waals surface area contributed by atoms with Crippen LogP contribution >= 0.6 is 0 Å². The minimum absolute atomic E-state index is 0.168. The van der Waals surface area contributed by atoms with Gasteiger partial charge in [0.1, 0.15) is 0 Å². The van der Waals surface area contributed by atoms with Crippen LogP contribution in [0.4, 0.5) is 0 Å². The van der Waals surface area contributed by atoms with Gasteiger partial charge in [-0.2, -0.15) is 0 Å². The molecule has 0 spiro atoms. The number of hydrogen-bond donors (Lipinski definition) is 0. The predicted molar refractivity (Wildman–Crippen MR) is 78.3 cm³/mol. The van der Waals surface area contributed by atoms with Gasteiger partial charge in [0.25, 0.3) is 0 Å². The molecule has 0 aromatic carbocycles. The zero-order chi connectivity index (χ0) is 13.0. The van der Waals surface area contributed by atoms with Gasteiger partial charge in [-0.3, -0.25) is 4.98 Å². The van der Waals surface area contributed by atoms with E-state index in [9.17, 15) is 0 Å². The van der Waals surface area contributed by atoms with E-state index in [0.717, 1.165) is 18.5 Å². The van der Waals surface area contributed by atoms with Gasteiger partial charge in [0.15, 0.2) is 0 Å². The smallest absolute Gasteiger partial charge is 0.0702 e.